The summed E-state index contributed by atoms with van der Waals surface area (Å²) in [4.78, 5) is 37.7. The van der Waals surface area contributed by atoms with E-state index in [0.717, 1.165) is 16.1 Å². The van der Waals surface area contributed by atoms with Crippen molar-refractivity contribution >= 4 is 33.9 Å². The van der Waals surface area contributed by atoms with Gasteiger partial charge in [-0.2, -0.15) is 8.42 Å². The van der Waals surface area contributed by atoms with Crippen LogP contribution in [0.2, 0.25) is 0 Å². The number of aliphatic hydroxyl groups excluding tert-OH is 1. The van der Waals surface area contributed by atoms with Crippen LogP contribution in [0.1, 0.15) is 44.7 Å². The van der Waals surface area contributed by atoms with Crippen molar-refractivity contribution in [3.8, 4) is 0 Å². The first-order valence-electron chi connectivity index (χ1n) is 13.4. The Morgan fingerprint density at radius 1 is 0.976 bits per heavy atom. The number of carbonyl (C=O) groups is 3. The van der Waals surface area contributed by atoms with E-state index in [1.165, 1.54) is 19.1 Å². The highest BCUT2D eigenvalue weighted by molar-refractivity contribution is 7.85. The molecule has 2 rings (SSSR count). The number of hydrazine groups is 1. The number of benzene rings is 2. The zero-order chi connectivity index (χ0) is 31.9. The molecular weight excluding hydrogens is 564 g/mol. The van der Waals surface area contributed by atoms with Gasteiger partial charge in [0.1, 0.15) is 0 Å². The molecule has 0 spiro atoms. The van der Waals surface area contributed by atoms with Crippen LogP contribution in [0, 0.1) is 24.7 Å². The summed E-state index contributed by atoms with van der Waals surface area (Å²) < 4.78 is 29.6. The van der Waals surface area contributed by atoms with Crippen LogP contribution in [0.4, 0.5) is 0 Å². The molecule has 0 saturated heterocycles. The molecule has 3 atom stereocenters. The smallest absolute Gasteiger partial charge is 0.294 e. The fourth-order valence-corrected chi connectivity index (χ4v) is 4.39. The summed E-state index contributed by atoms with van der Waals surface area (Å²) in [5.41, 5.74) is 11.7. The molecule has 0 bridgehead atoms. The van der Waals surface area contributed by atoms with Gasteiger partial charge in [-0.25, -0.2) is 5.48 Å². The third kappa shape index (κ3) is 12.9. The van der Waals surface area contributed by atoms with Crippen LogP contribution in [0.25, 0.3) is 6.08 Å². The van der Waals surface area contributed by atoms with Crippen molar-refractivity contribution in [2.24, 2.45) is 23.5 Å². The maximum Gasteiger partial charge on any atom is 0.294 e. The van der Waals surface area contributed by atoms with E-state index in [-0.39, 0.29) is 30.4 Å². The summed E-state index contributed by atoms with van der Waals surface area (Å²) in [6, 6.07) is 14.6. The molecule has 0 fully saturated rings. The Labute approximate surface area is 247 Å². The van der Waals surface area contributed by atoms with Crippen LogP contribution in [0.3, 0.4) is 0 Å². The molecule has 0 aliphatic carbocycles. The highest BCUT2D eigenvalue weighted by Gasteiger charge is 2.35. The fraction of sp³-hybridized carbons (Fsp3) is 0.414. The maximum absolute atomic E-state index is 13.1. The van der Waals surface area contributed by atoms with Crippen LogP contribution < -0.4 is 16.6 Å². The zero-order valence-electron chi connectivity index (χ0n) is 24.3. The minimum absolute atomic E-state index is 0.0666. The highest BCUT2D eigenvalue weighted by atomic mass is 32.2. The minimum Gasteiger partial charge on any atom is -0.394 e. The first-order chi connectivity index (χ1) is 19.7. The number of hydroxylamine groups is 1. The van der Waals surface area contributed by atoms with Crippen LogP contribution in [0.5, 0.6) is 0 Å². The van der Waals surface area contributed by atoms with Gasteiger partial charge in [0.2, 0.25) is 11.8 Å². The van der Waals surface area contributed by atoms with Crippen LogP contribution in [0.15, 0.2) is 65.6 Å². The molecule has 0 radical (unpaired) electrons. The van der Waals surface area contributed by atoms with Gasteiger partial charge >= 0.3 is 0 Å². The lowest BCUT2D eigenvalue weighted by molar-refractivity contribution is -0.148. The van der Waals surface area contributed by atoms with E-state index in [1.54, 1.807) is 23.7 Å². The average molecular weight is 607 g/mol. The summed E-state index contributed by atoms with van der Waals surface area (Å²) in [6.45, 7) is 6.63. The van der Waals surface area contributed by atoms with Crippen molar-refractivity contribution < 1.29 is 37.7 Å². The third-order valence-corrected chi connectivity index (χ3v) is 6.91. The third-order valence-electron chi connectivity index (χ3n) is 6.04. The molecule has 0 saturated carbocycles. The minimum atomic E-state index is -4.02. The molecule has 3 amide bonds. The number of aliphatic hydroxyl groups is 1. The van der Waals surface area contributed by atoms with Crippen molar-refractivity contribution in [3.05, 3.63) is 71.8 Å². The van der Waals surface area contributed by atoms with Crippen LogP contribution in [-0.4, -0.2) is 65.2 Å². The van der Waals surface area contributed by atoms with Gasteiger partial charge in [-0.1, -0.05) is 74.0 Å². The molecule has 12 nitrogen and oxygen atoms in total. The van der Waals surface area contributed by atoms with Crippen molar-refractivity contribution in [2.75, 3.05) is 13.2 Å². The number of hydrogen-bond donors (Lipinski definition) is 6. The first-order valence-corrected chi connectivity index (χ1v) is 14.8. The fourth-order valence-electron chi connectivity index (χ4n) is 3.91. The Balaban J connectivity index is 0.000000666. The topological polar surface area (TPSA) is 199 Å². The Hall–Kier alpha value is -3.62. The quantitative estimate of drug-likeness (QED) is 0.119. The molecule has 0 unspecified atom stereocenters. The number of rotatable bonds is 12. The van der Waals surface area contributed by atoms with Crippen molar-refractivity contribution in [2.45, 2.75) is 51.5 Å². The standard InChI is InChI=1S/C22H34N4O5.C7H8O3S/c1-15(2)14-19(20(28)24-26(12-13-27)22(30)16(3)23)18(21(29)25-31)11-7-10-17-8-5-4-6-9-17;1-6-2-4-7(5-3-6)11(8,9)10/h4-10,15-16,18-19,27,31H,11-14,23H2,1-3H3,(H,24,28)(H,25,29);2-5H,1H3,(H,8,9,10)/t16-,18+,19-;/m1./s1. The summed E-state index contributed by atoms with van der Waals surface area (Å²) in [7, 11) is -4.02. The van der Waals surface area contributed by atoms with Gasteiger partial charge in [0.15, 0.2) is 0 Å². The maximum atomic E-state index is 13.1. The number of nitrogens with zero attached hydrogens (tertiary/aromatic N) is 1. The normalized spacial score (nSPS) is 13.5. The van der Waals surface area contributed by atoms with Gasteiger partial charge < -0.3 is 10.8 Å². The predicted molar refractivity (Wildman–Crippen MR) is 158 cm³/mol. The lowest BCUT2D eigenvalue weighted by atomic mass is 9.82. The van der Waals surface area contributed by atoms with E-state index in [4.69, 9.17) is 10.3 Å². The molecule has 0 aromatic heterocycles. The molecule has 0 heterocycles. The van der Waals surface area contributed by atoms with Crippen molar-refractivity contribution in [1.82, 2.24) is 15.9 Å². The Morgan fingerprint density at radius 3 is 2.05 bits per heavy atom. The molecule has 0 aliphatic heterocycles. The molecule has 2 aromatic rings. The molecule has 13 heteroatoms. The highest BCUT2D eigenvalue weighted by Crippen LogP contribution is 2.25. The van der Waals surface area contributed by atoms with E-state index in [2.05, 4.69) is 5.43 Å². The van der Waals surface area contributed by atoms with Gasteiger partial charge in [-0.05, 0) is 50.3 Å². The lowest BCUT2D eigenvalue weighted by Gasteiger charge is -2.30. The summed E-state index contributed by atoms with van der Waals surface area (Å²) in [5.74, 6) is -3.43. The van der Waals surface area contributed by atoms with Crippen molar-refractivity contribution in [1.29, 1.82) is 0 Å². The number of allylic oxidation sites excluding steroid dienone is 1. The monoisotopic (exact) mass is 606 g/mol. The molecule has 2 aromatic carbocycles. The largest absolute Gasteiger partial charge is 0.394 e. The number of aryl methyl sites for hydroxylation is 1. The first kappa shape index (κ1) is 36.4. The van der Waals surface area contributed by atoms with Crippen LogP contribution >= 0.6 is 0 Å². The molecule has 232 valence electrons. The number of nitrogens with one attached hydrogen (secondary N) is 2. The second kappa shape index (κ2) is 18.0. The van der Waals surface area contributed by atoms with Crippen LogP contribution in [-0.2, 0) is 24.5 Å². The van der Waals surface area contributed by atoms with E-state index in [0.29, 0.717) is 6.42 Å². The predicted octanol–water partition coefficient (Wildman–Crippen LogP) is 2.31. The van der Waals surface area contributed by atoms with Gasteiger partial charge in [0.05, 0.1) is 35.9 Å². The number of amides is 3. The van der Waals surface area contributed by atoms with Gasteiger partial charge in [-0.3, -0.25) is 34.6 Å². The summed E-state index contributed by atoms with van der Waals surface area (Å²) in [5, 5.41) is 19.4. The van der Waals surface area contributed by atoms with Gasteiger partial charge in [0.25, 0.3) is 16.0 Å². The van der Waals surface area contributed by atoms with E-state index in [1.807, 2.05) is 57.2 Å². The number of nitrogens with two attached hydrogens (primary N) is 1. The molecule has 0 aliphatic rings. The summed E-state index contributed by atoms with van der Waals surface area (Å²) in [6.07, 6.45) is 4.16. The van der Waals surface area contributed by atoms with Crippen molar-refractivity contribution in [3.63, 3.8) is 0 Å². The molecule has 7 N–H and O–H groups in total. The molecule has 42 heavy (non-hydrogen) atoms. The van der Waals surface area contributed by atoms with E-state index < -0.39 is 45.7 Å². The second-order valence-corrected chi connectivity index (χ2v) is 11.6. The van der Waals surface area contributed by atoms with Gasteiger partial charge in [-0.15, -0.1) is 0 Å². The van der Waals surface area contributed by atoms with E-state index >= 15 is 0 Å². The number of hydrogen-bond acceptors (Lipinski definition) is 8. The summed E-state index contributed by atoms with van der Waals surface area (Å²) >= 11 is 0. The zero-order valence-corrected chi connectivity index (χ0v) is 25.1. The lowest BCUT2D eigenvalue weighted by Crippen LogP contribution is -2.55. The Bertz CT molecular complexity index is 1270. The second-order valence-electron chi connectivity index (χ2n) is 10.1. The average Bonchev–Trinajstić information content (AvgIpc) is 2.93. The SMILES string of the molecule is CC(C)C[C@@H](C(=O)NN(CCO)C(=O)[C@@H](C)N)[C@H](CC=Cc1ccccc1)C(=O)NO.Cc1ccc(S(=O)(=O)O)cc1. The Morgan fingerprint density at radius 2 is 1.57 bits per heavy atom. The molecular formula is C29H42N4O8S. The number of carbonyl (C=O) groups excluding carboxylic acids is 3. The van der Waals surface area contributed by atoms with E-state index in [9.17, 15) is 33.1 Å². The Kier molecular flexibility index (Phi) is 15.6. The van der Waals surface area contributed by atoms with Gasteiger partial charge in [0, 0.05) is 0 Å².